The van der Waals surface area contributed by atoms with E-state index in [2.05, 4.69) is 0 Å². The second-order valence-electron chi connectivity index (χ2n) is 6.41. The molecule has 5 heteroatoms. The molecule has 2 aromatic rings. The van der Waals surface area contributed by atoms with Gasteiger partial charge in [-0.2, -0.15) is 0 Å². The summed E-state index contributed by atoms with van der Waals surface area (Å²) in [4.78, 5) is 26.3. The standard InChI is InChI=1S/C21H21ClN2O2/c22-19-9-5-4-8-17(19)14-18(15-6-2-1-3-7-15)21(26)24-12-10-16(11-13-24)20(23)25/h1-9,14,16H,10-13H2,(H2,23,25)/b18-14+. The molecular formula is C21H21ClN2O2. The Bertz CT molecular complexity index is 825. The molecule has 3 rings (SSSR count). The zero-order chi connectivity index (χ0) is 18.5. The van der Waals surface area contributed by atoms with Crippen molar-refractivity contribution < 1.29 is 9.59 Å². The van der Waals surface area contributed by atoms with E-state index >= 15 is 0 Å². The Labute approximate surface area is 158 Å². The molecule has 2 amide bonds. The van der Waals surface area contributed by atoms with Gasteiger partial charge in [-0.25, -0.2) is 0 Å². The number of rotatable bonds is 4. The molecule has 0 aromatic heterocycles. The molecule has 0 atom stereocenters. The lowest BCUT2D eigenvalue weighted by Crippen LogP contribution is -2.42. The van der Waals surface area contributed by atoms with Gasteiger partial charge in [0, 0.05) is 29.6 Å². The van der Waals surface area contributed by atoms with Gasteiger partial charge in [0.05, 0.1) is 0 Å². The summed E-state index contributed by atoms with van der Waals surface area (Å²) >= 11 is 6.28. The molecule has 1 aliphatic rings. The summed E-state index contributed by atoms with van der Waals surface area (Å²) in [5, 5.41) is 0.598. The summed E-state index contributed by atoms with van der Waals surface area (Å²) in [5.41, 5.74) is 7.63. The third-order valence-corrected chi connectivity index (χ3v) is 5.05. The second kappa shape index (κ2) is 8.19. The molecular weight excluding hydrogens is 348 g/mol. The van der Waals surface area contributed by atoms with E-state index < -0.39 is 0 Å². The SMILES string of the molecule is NC(=O)C1CCN(C(=O)/C(=C/c2ccccc2Cl)c2ccccc2)CC1. The molecule has 0 unspecified atom stereocenters. The summed E-state index contributed by atoms with van der Waals surface area (Å²) in [7, 11) is 0. The largest absolute Gasteiger partial charge is 0.369 e. The van der Waals surface area contributed by atoms with Crippen LogP contribution in [0, 0.1) is 5.92 Å². The van der Waals surface area contributed by atoms with Gasteiger partial charge in [-0.1, -0.05) is 60.1 Å². The maximum atomic E-state index is 13.2. The number of amides is 2. The highest BCUT2D eigenvalue weighted by Crippen LogP contribution is 2.27. The molecule has 1 fully saturated rings. The van der Waals surface area contributed by atoms with Crippen molar-refractivity contribution in [2.45, 2.75) is 12.8 Å². The number of carbonyl (C=O) groups is 2. The highest BCUT2D eigenvalue weighted by atomic mass is 35.5. The van der Waals surface area contributed by atoms with Crippen molar-refractivity contribution in [1.29, 1.82) is 0 Å². The second-order valence-corrected chi connectivity index (χ2v) is 6.82. The van der Waals surface area contributed by atoms with Crippen LogP contribution in [0.4, 0.5) is 0 Å². The van der Waals surface area contributed by atoms with Crippen LogP contribution >= 0.6 is 11.6 Å². The lowest BCUT2D eigenvalue weighted by molar-refractivity contribution is -0.130. The van der Waals surface area contributed by atoms with Crippen LogP contribution in [0.2, 0.25) is 5.02 Å². The first kappa shape index (κ1) is 18.2. The fourth-order valence-corrected chi connectivity index (χ4v) is 3.36. The van der Waals surface area contributed by atoms with E-state index in [1.165, 1.54) is 0 Å². The number of likely N-dealkylation sites (tertiary alicyclic amines) is 1. The van der Waals surface area contributed by atoms with Gasteiger partial charge in [0.2, 0.25) is 5.91 Å². The van der Waals surface area contributed by atoms with Crippen molar-refractivity contribution in [3.8, 4) is 0 Å². The van der Waals surface area contributed by atoms with Gasteiger partial charge >= 0.3 is 0 Å². The summed E-state index contributed by atoms with van der Waals surface area (Å²) in [5.74, 6) is -0.488. The van der Waals surface area contributed by atoms with Crippen molar-refractivity contribution in [3.05, 3.63) is 70.7 Å². The van der Waals surface area contributed by atoms with Crippen LogP contribution in [0.15, 0.2) is 54.6 Å². The summed E-state index contributed by atoms with van der Waals surface area (Å²) in [6.07, 6.45) is 3.05. The van der Waals surface area contributed by atoms with Crippen LogP contribution in [0.25, 0.3) is 11.6 Å². The number of benzene rings is 2. The molecule has 0 spiro atoms. The number of nitrogens with two attached hydrogens (primary N) is 1. The Kier molecular flexibility index (Phi) is 5.74. The molecule has 0 bridgehead atoms. The summed E-state index contributed by atoms with van der Waals surface area (Å²) in [6, 6.07) is 17.0. The van der Waals surface area contributed by atoms with Crippen molar-refractivity contribution in [3.63, 3.8) is 0 Å². The average molecular weight is 369 g/mol. The number of halogens is 1. The van der Waals surface area contributed by atoms with E-state index in [0.29, 0.717) is 36.5 Å². The van der Waals surface area contributed by atoms with Gasteiger partial charge in [0.1, 0.15) is 0 Å². The minimum absolute atomic E-state index is 0.0564. The zero-order valence-electron chi connectivity index (χ0n) is 14.4. The Morgan fingerprint density at radius 3 is 2.23 bits per heavy atom. The molecule has 1 heterocycles. The Morgan fingerprint density at radius 2 is 1.62 bits per heavy atom. The number of hydrogen-bond acceptors (Lipinski definition) is 2. The third-order valence-electron chi connectivity index (χ3n) is 4.70. The van der Waals surface area contributed by atoms with E-state index in [9.17, 15) is 9.59 Å². The van der Waals surface area contributed by atoms with E-state index in [1.54, 1.807) is 11.0 Å². The van der Waals surface area contributed by atoms with Gasteiger partial charge in [0.25, 0.3) is 5.91 Å². The van der Waals surface area contributed by atoms with Gasteiger partial charge < -0.3 is 10.6 Å². The lowest BCUT2D eigenvalue weighted by Gasteiger charge is -2.31. The lowest BCUT2D eigenvalue weighted by atomic mass is 9.94. The van der Waals surface area contributed by atoms with Crippen LogP contribution in [0.1, 0.15) is 24.0 Å². The Hall–Kier alpha value is -2.59. The van der Waals surface area contributed by atoms with Gasteiger partial charge in [-0.15, -0.1) is 0 Å². The predicted octanol–water partition coefficient (Wildman–Crippen LogP) is 3.60. The van der Waals surface area contributed by atoms with E-state index in [4.69, 9.17) is 17.3 Å². The maximum Gasteiger partial charge on any atom is 0.254 e. The van der Waals surface area contributed by atoms with Crippen molar-refractivity contribution in [2.24, 2.45) is 11.7 Å². The fraction of sp³-hybridized carbons (Fsp3) is 0.238. The number of primary amides is 1. The Balaban J connectivity index is 1.91. The molecule has 26 heavy (non-hydrogen) atoms. The van der Waals surface area contributed by atoms with E-state index in [0.717, 1.165) is 11.1 Å². The van der Waals surface area contributed by atoms with Gasteiger partial charge in [-0.3, -0.25) is 9.59 Å². The number of carbonyl (C=O) groups excluding carboxylic acids is 2. The number of piperidine rings is 1. The summed E-state index contributed by atoms with van der Waals surface area (Å²) in [6.45, 7) is 1.05. The quantitative estimate of drug-likeness (QED) is 0.662. The van der Waals surface area contributed by atoms with Crippen molar-refractivity contribution in [2.75, 3.05) is 13.1 Å². The summed E-state index contributed by atoms with van der Waals surface area (Å²) < 4.78 is 0. The van der Waals surface area contributed by atoms with Gasteiger partial charge in [-0.05, 0) is 36.1 Å². The van der Waals surface area contributed by atoms with Crippen molar-refractivity contribution >= 4 is 35.1 Å². The van der Waals surface area contributed by atoms with Crippen LogP contribution in [0.3, 0.4) is 0 Å². The zero-order valence-corrected chi connectivity index (χ0v) is 15.2. The van der Waals surface area contributed by atoms with Crippen LogP contribution < -0.4 is 5.73 Å². The highest BCUT2D eigenvalue weighted by molar-refractivity contribution is 6.33. The van der Waals surface area contributed by atoms with Crippen LogP contribution in [0.5, 0.6) is 0 Å². The first-order chi connectivity index (χ1) is 12.6. The molecule has 2 aromatic carbocycles. The van der Waals surface area contributed by atoms with Crippen LogP contribution in [-0.4, -0.2) is 29.8 Å². The minimum atomic E-state index is -0.285. The number of nitrogens with zero attached hydrogens (tertiary/aromatic N) is 1. The molecule has 0 aliphatic carbocycles. The number of hydrogen-bond donors (Lipinski definition) is 1. The molecule has 4 nitrogen and oxygen atoms in total. The smallest absolute Gasteiger partial charge is 0.254 e. The first-order valence-corrected chi connectivity index (χ1v) is 9.04. The third kappa shape index (κ3) is 4.14. The molecule has 134 valence electrons. The van der Waals surface area contributed by atoms with Crippen molar-refractivity contribution in [1.82, 2.24) is 4.90 Å². The molecule has 0 saturated carbocycles. The normalized spacial score (nSPS) is 15.7. The Morgan fingerprint density at radius 1 is 1.00 bits per heavy atom. The predicted molar refractivity (Wildman–Crippen MR) is 104 cm³/mol. The van der Waals surface area contributed by atoms with E-state index in [1.807, 2.05) is 54.6 Å². The van der Waals surface area contributed by atoms with Crippen LogP contribution in [-0.2, 0) is 9.59 Å². The maximum absolute atomic E-state index is 13.2. The minimum Gasteiger partial charge on any atom is -0.369 e. The molecule has 2 N–H and O–H groups in total. The van der Waals surface area contributed by atoms with E-state index in [-0.39, 0.29) is 17.7 Å². The fourth-order valence-electron chi connectivity index (χ4n) is 3.17. The highest BCUT2D eigenvalue weighted by Gasteiger charge is 2.27. The molecule has 1 saturated heterocycles. The molecule has 0 radical (unpaired) electrons. The first-order valence-electron chi connectivity index (χ1n) is 8.66. The molecule has 1 aliphatic heterocycles. The topological polar surface area (TPSA) is 63.4 Å². The average Bonchev–Trinajstić information content (AvgIpc) is 2.67. The van der Waals surface area contributed by atoms with Gasteiger partial charge in [0.15, 0.2) is 0 Å². The monoisotopic (exact) mass is 368 g/mol.